The van der Waals surface area contributed by atoms with Crippen LogP contribution in [0.4, 0.5) is 0 Å². The third kappa shape index (κ3) is 1.89. The lowest BCUT2D eigenvalue weighted by Crippen LogP contribution is -2.60. The van der Waals surface area contributed by atoms with Crippen molar-refractivity contribution in [3.05, 3.63) is 41.1 Å². The van der Waals surface area contributed by atoms with Gasteiger partial charge in [-0.15, -0.1) is 5.06 Å². The Labute approximate surface area is 127 Å². The third-order valence-corrected chi connectivity index (χ3v) is 5.42. The maximum atomic E-state index is 13.1. The summed E-state index contributed by atoms with van der Waals surface area (Å²) in [7, 11) is 0. The van der Waals surface area contributed by atoms with Crippen molar-refractivity contribution >= 4 is 5.84 Å². The van der Waals surface area contributed by atoms with Gasteiger partial charge in [-0.1, -0.05) is 45.9 Å². The fourth-order valence-electron chi connectivity index (χ4n) is 4.11. The van der Waals surface area contributed by atoms with Crippen LogP contribution in [0, 0.1) is 5.21 Å². The van der Waals surface area contributed by atoms with E-state index in [4.69, 9.17) is 0 Å². The van der Waals surface area contributed by atoms with E-state index in [0.717, 1.165) is 23.1 Å². The SMILES string of the molecule is CCC1(CC)N(O)C(c2ccccc2)=[N+]([O-])C1(CC)CC. The summed E-state index contributed by atoms with van der Waals surface area (Å²) in [4.78, 5) is 0. The summed E-state index contributed by atoms with van der Waals surface area (Å²) in [6.45, 7) is 8.18. The van der Waals surface area contributed by atoms with Crippen LogP contribution in [-0.4, -0.2) is 31.9 Å². The van der Waals surface area contributed by atoms with E-state index >= 15 is 0 Å². The minimum absolute atomic E-state index is 0.378. The maximum absolute atomic E-state index is 13.1. The molecule has 1 heterocycles. The Morgan fingerprint density at radius 3 is 1.90 bits per heavy atom. The molecule has 4 heteroatoms. The molecule has 0 bridgehead atoms. The van der Waals surface area contributed by atoms with E-state index in [-0.39, 0.29) is 0 Å². The Morgan fingerprint density at radius 1 is 1.00 bits per heavy atom. The van der Waals surface area contributed by atoms with E-state index in [9.17, 15) is 10.4 Å². The molecule has 0 amide bonds. The first-order chi connectivity index (χ1) is 10.0. The summed E-state index contributed by atoms with van der Waals surface area (Å²) >= 11 is 0. The molecule has 0 saturated heterocycles. The number of benzene rings is 1. The highest BCUT2D eigenvalue weighted by Crippen LogP contribution is 2.46. The van der Waals surface area contributed by atoms with Gasteiger partial charge in [0.15, 0.2) is 11.1 Å². The first-order valence-corrected chi connectivity index (χ1v) is 7.93. The van der Waals surface area contributed by atoms with E-state index in [1.165, 1.54) is 5.06 Å². The van der Waals surface area contributed by atoms with Gasteiger partial charge >= 0.3 is 5.84 Å². The average Bonchev–Trinajstić information content (AvgIpc) is 2.72. The van der Waals surface area contributed by atoms with Crippen LogP contribution in [-0.2, 0) is 0 Å². The van der Waals surface area contributed by atoms with Crippen LogP contribution in [0.25, 0.3) is 0 Å². The monoisotopic (exact) mass is 290 g/mol. The Morgan fingerprint density at radius 2 is 1.52 bits per heavy atom. The van der Waals surface area contributed by atoms with Crippen LogP contribution in [0.2, 0.25) is 0 Å². The molecule has 0 unspecified atom stereocenters. The lowest BCUT2D eigenvalue weighted by molar-refractivity contribution is -0.553. The van der Waals surface area contributed by atoms with Gasteiger partial charge in [-0.05, 0) is 37.8 Å². The second kappa shape index (κ2) is 5.68. The van der Waals surface area contributed by atoms with Crippen LogP contribution < -0.4 is 0 Å². The lowest BCUT2D eigenvalue weighted by Gasteiger charge is -2.42. The Balaban J connectivity index is 2.69. The molecule has 1 aromatic carbocycles. The molecule has 1 aromatic rings. The number of hydrogen-bond donors (Lipinski definition) is 1. The van der Waals surface area contributed by atoms with Crippen LogP contribution in [0.5, 0.6) is 0 Å². The molecule has 0 aliphatic carbocycles. The summed E-state index contributed by atoms with van der Waals surface area (Å²) in [5.41, 5.74) is -0.357. The molecular weight excluding hydrogens is 264 g/mol. The molecule has 116 valence electrons. The van der Waals surface area contributed by atoms with Gasteiger partial charge in [-0.3, -0.25) is 4.74 Å². The van der Waals surface area contributed by atoms with Crippen molar-refractivity contribution in [1.82, 2.24) is 5.06 Å². The van der Waals surface area contributed by atoms with Crippen LogP contribution in [0.1, 0.15) is 58.9 Å². The van der Waals surface area contributed by atoms with Crippen molar-refractivity contribution in [2.45, 2.75) is 64.5 Å². The van der Waals surface area contributed by atoms with Crippen molar-refractivity contribution in [2.24, 2.45) is 0 Å². The highest BCUT2D eigenvalue weighted by molar-refractivity contribution is 5.96. The standard InChI is InChI=1S/C17H26N2O2/c1-5-16(6-2)17(7-3,8-4)19(21)15(18(16)20)14-12-10-9-11-13-14/h9-13,20H,5-8H2,1-4H3. The van der Waals surface area contributed by atoms with Crippen molar-refractivity contribution in [3.63, 3.8) is 0 Å². The predicted octanol–water partition coefficient (Wildman–Crippen LogP) is 3.77. The fourth-order valence-corrected chi connectivity index (χ4v) is 4.11. The Bertz CT molecular complexity index is 517. The molecule has 1 N–H and O–H groups in total. The zero-order valence-corrected chi connectivity index (χ0v) is 13.5. The van der Waals surface area contributed by atoms with Crippen molar-refractivity contribution in [2.75, 3.05) is 0 Å². The Kier molecular flexibility index (Phi) is 4.28. The van der Waals surface area contributed by atoms with Crippen molar-refractivity contribution in [1.29, 1.82) is 0 Å². The summed E-state index contributed by atoms with van der Waals surface area (Å²) in [6, 6.07) is 9.44. The summed E-state index contributed by atoms with van der Waals surface area (Å²) in [5, 5.41) is 25.2. The van der Waals surface area contributed by atoms with Gasteiger partial charge in [0, 0.05) is 0 Å². The van der Waals surface area contributed by atoms with E-state index in [1.54, 1.807) is 0 Å². The normalized spacial score (nSPS) is 20.1. The number of hydroxylamine groups is 3. The van der Waals surface area contributed by atoms with Gasteiger partial charge in [-0.2, -0.15) is 0 Å². The zero-order valence-electron chi connectivity index (χ0n) is 13.5. The molecule has 0 radical (unpaired) electrons. The quantitative estimate of drug-likeness (QED) is 0.663. The van der Waals surface area contributed by atoms with Crippen molar-refractivity contribution < 1.29 is 9.95 Å². The van der Waals surface area contributed by atoms with Gasteiger partial charge in [-0.25, -0.2) is 5.21 Å². The third-order valence-electron chi connectivity index (χ3n) is 5.42. The molecule has 2 rings (SSSR count). The van der Waals surface area contributed by atoms with E-state index < -0.39 is 11.1 Å². The maximum Gasteiger partial charge on any atom is 0.313 e. The number of amidine groups is 1. The number of nitrogens with zero attached hydrogens (tertiary/aromatic N) is 2. The first-order valence-electron chi connectivity index (χ1n) is 7.93. The van der Waals surface area contributed by atoms with E-state index in [1.807, 2.05) is 44.2 Å². The van der Waals surface area contributed by atoms with E-state index in [0.29, 0.717) is 18.7 Å². The van der Waals surface area contributed by atoms with Crippen LogP contribution >= 0.6 is 0 Å². The smallest absolute Gasteiger partial charge is 0.313 e. The number of rotatable bonds is 5. The predicted molar refractivity (Wildman–Crippen MR) is 84.4 cm³/mol. The molecule has 0 atom stereocenters. The van der Waals surface area contributed by atoms with Gasteiger partial charge < -0.3 is 5.21 Å². The largest absolute Gasteiger partial charge is 0.714 e. The molecule has 0 fully saturated rings. The first kappa shape index (κ1) is 15.8. The molecule has 0 aromatic heterocycles. The number of hydrogen-bond acceptors (Lipinski definition) is 3. The molecule has 0 spiro atoms. The second-order valence-electron chi connectivity index (χ2n) is 5.77. The summed E-state index contributed by atoms with van der Waals surface area (Å²) in [6.07, 6.45) is 2.89. The molecule has 0 saturated carbocycles. The van der Waals surface area contributed by atoms with E-state index in [2.05, 4.69) is 13.8 Å². The Hall–Kier alpha value is -1.55. The molecule has 21 heavy (non-hydrogen) atoms. The summed E-state index contributed by atoms with van der Waals surface area (Å²) in [5.74, 6) is 0.378. The average molecular weight is 290 g/mol. The zero-order chi connectivity index (χ0) is 15.7. The minimum Gasteiger partial charge on any atom is -0.714 e. The second-order valence-corrected chi connectivity index (χ2v) is 5.77. The van der Waals surface area contributed by atoms with Gasteiger partial charge in [0.25, 0.3) is 0 Å². The van der Waals surface area contributed by atoms with Gasteiger partial charge in [0.05, 0.1) is 5.56 Å². The van der Waals surface area contributed by atoms with Crippen molar-refractivity contribution in [3.8, 4) is 0 Å². The molecular formula is C17H26N2O2. The highest BCUT2D eigenvalue weighted by atomic mass is 16.5. The lowest BCUT2D eigenvalue weighted by atomic mass is 9.70. The highest BCUT2D eigenvalue weighted by Gasteiger charge is 2.65. The summed E-state index contributed by atoms with van der Waals surface area (Å²) < 4.78 is 1.06. The topological polar surface area (TPSA) is 49.5 Å². The van der Waals surface area contributed by atoms with Gasteiger partial charge in [0.2, 0.25) is 0 Å². The molecule has 1 aliphatic heterocycles. The van der Waals surface area contributed by atoms with Crippen LogP contribution in [0.3, 0.4) is 0 Å². The van der Waals surface area contributed by atoms with Gasteiger partial charge in [0.1, 0.15) is 0 Å². The molecule has 1 aliphatic rings. The van der Waals surface area contributed by atoms with Crippen LogP contribution in [0.15, 0.2) is 30.3 Å². The minimum atomic E-state index is -0.587. The fraction of sp³-hybridized carbons (Fsp3) is 0.588. The molecule has 4 nitrogen and oxygen atoms in total.